The summed E-state index contributed by atoms with van der Waals surface area (Å²) in [6.07, 6.45) is 6.31. The number of nitrogens with two attached hydrogens (primary N) is 3. The molecule has 0 radical (unpaired) electrons. The van der Waals surface area contributed by atoms with Crippen LogP contribution in [0.5, 0.6) is 0 Å². The third-order valence-corrected chi connectivity index (χ3v) is 4.35. The molecule has 10 heteroatoms. The SMILES string of the molecule is NC(CCC/C=C(/CCC(N)C(=O)O)CNCCCCC(N)C(=O)O)C(=O)O. The Bertz CT molecular complexity index is 526. The van der Waals surface area contributed by atoms with Crippen molar-refractivity contribution < 1.29 is 29.7 Å². The highest BCUT2D eigenvalue weighted by Gasteiger charge is 2.13. The Kier molecular flexibility index (Phi) is 13.9. The molecule has 0 fully saturated rings. The van der Waals surface area contributed by atoms with Crippen LogP contribution in [0.3, 0.4) is 0 Å². The Morgan fingerprint density at radius 1 is 0.786 bits per heavy atom. The lowest BCUT2D eigenvalue weighted by Gasteiger charge is -2.12. The van der Waals surface area contributed by atoms with Gasteiger partial charge in [0.1, 0.15) is 18.1 Å². The van der Waals surface area contributed by atoms with Crippen molar-refractivity contribution in [1.82, 2.24) is 5.32 Å². The summed E-state index contributed by atoms with van der Waals surface area (Å²) in [5.74, 6) is -3.08. The van der Waals surface area contributed by atoms with Crippen molar-refractivity contribution in [2.24, 2.45) is 17.2 Å². The first kappa shape index (κ1) is 26.0. The van der Waals surface area contributed by atoms with E-state index in [1.54, 1.807) is 0 Å². The lowest BCUT2D eigenvalue weighted by atomic mass is 10.0. The monoisotopic (exact) mass is 402 g/mol. The number of carboxylic acids is 3. The molecule has 3 unspecified atom stereocenters. The maximum absolute atomic E-state index is 10.9. The highest BCUT2D eigenvalue weighted by molar-refractivity contribution is 5.73. The Hall–Kier alpha value is -2.01. The van der Waals surface area contributed by atoms with Gasteiger partial charge < -0.3 is 37.8 Å². The summed E-state index contributed by atoms with van der Waals surface area (Å²) in [7, 11) is 0. The van der Waals surface area contributed by atoms with Crippen LogP contribution < -0.4 is 22.5 Å². The van der Waals surface area contributed by atoms with Gasteiger partial charge in [0.15, 0.2) is 0 Å². The summed E-state index contributed by atoms with van der Waals surface area (Å²) in [6.45, 7) is 1.24. The van der Waals surface area contributed by atoms with Crippen LogP contribution in [-0.2, 0) is 14.4 Å². The zero-order valence-electron chi connectivity index (χ0n) is 16.2. The van der Waals surface area contributed by atoms with E-state index in [1.165, 1.54) is 0 Å². The number of carboxylic acid groups (broad SMARTS) is 3. The van der Waals surface area contributed by atoms with Crippen molar-refractivity contribution >= 4 is 17.9 Å². The molecule has 0 aliphatic carbocycles. The number of carbonyl (C=O) groups is 3. The Morgan fingerprint density at radius 3 is 1.82 bits per heavy atom. The Labute approximate surface area is 165 Å². The molecular formula is C18H34N4O6. The van der Waals surface area contributed by atoms with E-state index in [0.29, 0.717) is 58.0 Å². The summed E-state index contributed by atoms with van der Waals surface area (Å²) >= 11 is 0. The van der Waals surface area contributed by atoms with Crippen LogP contribution in [-0.4, -0.2) is 64.4 Å². The normalized spacial score (nSPS) is 15.0. The fourth-order valence-corrected chi connectivity index (χ4v) is 2.48. The minimum Gasteiger partial charge on any atom is -0.480 e. The maximum Gasteiger partial charge on any atom is 0.320 e. The average Bonchev–Trinajstić information content (AvgIpc) is 2.63. The minimum absolute atomic E-state index is 0.310. The van der Waals surface area contributed by atoms with Crippen molar-refractivity contribution in [2.75, 3.05) is 13.1 Å². The molecule has 0 aromatic heterocycles. The van der Waals surface area contributed by atoms with Gasteiger partial charge in [-0.2, -0.15) is 0 Å². The van der Waals surface area contributed by atoms with Gasteiger partial charge in [0, 0.05) is 6.54 Å². The molecule has 10 N–H and O–H groups in total. The van der Waals surface area contributed by atoms with Crippen LogP contribution in [0.4, 0.5) is 0 Å². The number of hydrogen-bond donors (Lipinski definition) is 7. The first-order chi connectivity index (χ1) is 13.1. The lowest BCUT2D eigenvalue weighted by molar-refractivity contribution is -0.139. The van der Waals surface area contributed by atoms with E-state index in [1.807, 2.05) is 6.08 Å². The highest BCUT2D eigenvalue weighted by atomic mass is 16.4. The van der Waals surface area contributed by atoms with Gasteiger partial charge >= 0.3 is 17.9 Å². The first-order valence-corrected chi connectivity index (χ1v) is 9.49. The van der Waals surface area contributed by atoms with Gasteiger partial charge in [0.25, 0.3) is 0 Å². The van der Waals surface area contributed by atoms with Crippen LogP contribution in [0, 0.1) is 0 Å². The summed E-state index contributed by atoms with van der Waals surface area (Å²) < 4.78 is 0. The molecule has 10 nitrogen and oxygen atoms in total. The fourth-order valence-electron chi connectivity index (χ4n) is 2.48. The molecule has 0 aromatic carbocycles. The number of aliphatic carboxylic acids is 3. The number of allylic oxidation sites excluding steroid dienone is 1. The van der Waals surface area contributed by atoms with E-state index in [-0.39, 0.29) is 0 Å². The Morgan fingerprint density at radius 2 is 1.29 bits per heavy atom. The van der Waals surface area contributed by atoms with Crippen molar-refractivity contribution in [3.05, 3.63) is 11.6 Å². The molecule has 0 saturated carbocycles. The van der Waals surface area contributed by atoms with Gasteiger partial charge in [-0.25, -0.2) is 0 Å². The zero-order chi connectivity index (χ0) is 21.5. The first-order valence-electron chi connectivity index (χ1n) is 9.49. The number of rotatable bonds is 17. The molecule has 0 rings (SSSR count). The summed E-state index contributed by atoms with van der Waals surface area (Å²) in [5, 5.41) is 29.6. The molecule has 3 atom stereocenters. The van der Waals surface area contributed by atoms with Gasteiger partial charge in [-0.3, -0.25) is 14.4 Å². The van der Waals surface area contributed by atoms with Gasteiger partial charge in [-0.15, -0.1) is 0 Å². The minimum atomic E-state index is -1.05. The van der Waals surface area contributed by atoms with Crippen LogP contribution in [0.2, 0.25) is 0 Å². The standard InChI is InChI=1S/C18H34N4O6/c19-13(16(23)24)6-2-1-5-12(8-9-15(21)18(27)28)11-22-10-4-3-7-14(20)17(25)26/h5,13-15,22H,1-4,6-11,19-21H2,(H,23,24)(H,25,26)(H,27,28)/b12-5-. The molecule has 0 aromatic rings. The predicted octanol–water partition coefficient (Wildman–Crippen LogP) is -0.141. The Balaban J connectivity index is 4.32. The van der Waals surface area contributed by atoms with Crippen LogP contribution in [0.1, 0.15) is 51.4 Å². The van der Waals surface area contributed by atoms with Crippen molar-refractivity contribution in [3.8, 4) is 0 Å². The predicted molar refractivity (Wildman–Crippen MR) is 105 cm³/mol. The molecule has 0 aliphatic heterocycles. The van der Waals surface area contributed by atoms with E-state index < -0.39 is 36.0 Å². The highest BCUT2D eigenvalue weighted by Crippen LogP contribution is 2.10. The fraction of sp³-hybridized carbons (Fsp3) is 0.722. The molecule has 0 heterocycles. The molecule has 0 amide bonds. The third kappa shape index (κ3) is 13.2. The smallest absolute Gasteiger partial charge is 0.320 e. The second-order valence-corrected chi connectivity index (χ2v) is 6.84. The topological polar surface area (TPSA) is 202 Å². The number of hydrogen-bond acceptors (Lipinski definition) is 7. The van der Waals surface area contributed by atoms with Crippen LogP contribution >= 0.6 is 0 Å². The second kappa shape index (κ2) is 15.0. The molecule has 162 valence electrons. The molecule has 0 spiro atoms. The molecule has 28 heavy (non-hydrogen) atoms. The summed E-state index contributed by atoms with van der Waals surface area (Å²) in [4.78, 5) is 32.2. The van der Waals surface area contributed by atoms with Crippen LogP contribution in [0.25, 0.3) is 0 Å². The van der Waals surface area contributed by atoms with Crippen molar-refractivity contribution in [3.63, 3.8) is 0 Å². The van der Waals surface area contributed by atoms with Crippen molar-refractivity contribution in [2.45, 2.75) is 69.5 Å². The zero-order valence-corrected chi connectivity index (χ0v) is 16.2. The largest absolute Gasteiger partial charge is 0.480 e. The number of unbranched alkanes of at least 4 members (excludes halogenated alkanes) is 2. The lowest BCUT2D eigenvalue weighted by Crippen LogP contribution is -2.30. The molecule has 0 saturated heterocycles. The van der Waals surface area contributed by atoms with E-state index >= 15 is 0 Å². The van der Waals surface area contributed by atoms with E-state index in [9.17, 15) is 14.4 Å². The van der Waals surface area contributed by atoms with E-state index in [4.69, 9.17) is 32.5 Å². The second-order valence-electron chi connectivity index (χ2n) is 6.84. The van der Waals surface area contributed by atoms with E-state index in [2.05, 4.69) is 5.32 Å². The molecular weight excluding hydrogens is 368 g/mol. The van der Waals surface area contributed by atoms with E-state index in [0.717, 1.165) is 12.0 Å². The van der Waals surface area contributed by atoms with Gasteiger partial charge in [-0.1, -0.05) is 18.1 Å². The third-order valence-electron chi connectivity index (χ3n) is 4.35. The molecule has 0 aliphatic rings. The molecule has 0 bridgehead atoms. The van der Waals surface area contributed by atoms with Gasteiger partial charge in [0.05, 0.1) is 0 Å². The number of nitrogens with one attached hydrogen (secondary N) is 1. The maximum atomic E-state index is 10.9. The summed E-state index contributed by atoms with van der Waals surface area (Å²) in [5.41, 5.74) is 17.5. The van der Waals surface area contributed by atoms with Crippen LogP contribution in [0.15, 0.2) is 11.6 Å². The summed E-state index contributed by atoms with van der Waals surface area (Å²) in [6, 6.07) is -2.65. The van der Waals surface area contributed by atoms with Crippen molar-refractivity contribution in [1.29, 1.82) is 0 Å². The quantitative estimate of drug-likeness (QED) is 0.127. The van der Waals surface area contributed by atoms with Gasteiger partial charge in [-0.05, 0) is 51.5 Å². The average molecular weight is 402 g/mol. The van der Waals surface area contributed by atoms with Gasteiger partial charge in [0.2, 0.25) is 0 Å².